The van der Waals surface area contributed by atoms with Crippen LogP contribution in [-0.2, 0) is 14.3 Å². The Kier molecular flexibility index (Phi) is 9.68. The molecule has 1 fully saturated rings. The fourth-order valence-electron chi connectivity index (χ4n) is 2.43. The molecule has 0 aromatic carbocycles. The van der Waals surface area contributed by atoms with Crippen LogP contribution in [0.15, 0.2) is 0 Å². The zero-order valence-corrected chi connectivity index (χ0v) is 14.8. The Hall–Kier alpha value is -0.650. The largest absolute Gasteiger partial charge is 0.378 e. The van der Waals surface area contributed by atoms with Gasteiger partial charge in [0, 0.05) is 39.1 Å². The maximum Gasteiger partial charge on any atom is 0.222 e. The highest BCUT2D eigenvalue weighted by Crippen LogP contribution is 2.09. The summed E-state index contributed by atoms with van der Waals surface area (Å²) >= 11 is 0. The maximum atomic E-state index is 12.1. The van der Waals surface area contributed by atoms with Crippen LogP contribution < -0.4 is 0 Å². The lowest BCUT2D eigenvalue weighted by Crippen LogP contribution is -2.49. The molecule has 0 radical (unpaired) electrons. The minimum absolute atomic E-state index is 0.268. The molecule has 1 heterocycles. The molecular weight excluding hydrogens is 280 g/mol. The molecule has 1 aliphatic heterocycles. The second-order valence-corrected chi connectivity index (χ2v) is 6.69. The first-order valence-electron chi connectivity index (χ1n) is 8.68. The zero-order valence-electron chi connectivity index (χ0n) is 14.8. The highest BCUT2D eigenvalue weighted by atomic mass is 16.5. The minimum Gasteiger partial charge on any atom is -0.378 e. The lowest BCUT2D eigenvalue weighted by atomic mass is 10.1. The van der Waals surface area contributed by atoms with E-state index in [2.05, 4.69) is 18.7 Å². The number of carbonyl (C=O) groups is 1. The molecular formula is C17H34N2O3. The number of nitrogens with zero attached hydrogens (tertiary/aromatic N) is 2. The fourth-order valence-corrected chi connectivity index (χ4v) is 2.43. The molecule has 1 amide bonds. The van der Waals surface area contributed by atoms with Gasteiger partial charge in [-0.25, -0.2) is 0 Å². The summed E-state index contributed by atoms with van der Waals surface area (Å²) in [5.74, 6) is 0.914. The van der Waals surface area contributed by atoms with Gasteiger partial charge in [0.15, 0.2) is 0 Å². The van der Waals surface area contributed by atoms with Crippen molar-refractivity contribution in [1.29, 1.82) is 0 Å². The van der Waals surface area contributed by atoms with Crippen LogP contribution in [0.4, 0.5) is 0 Å². The Bertz CT molecular complexity index is 300. The number of hydrogen-bond acceptors (Lipinski definition) is 4. The summed E-state index contributed by atoms with van der Waals surface area (Å²) in [6, 6.07) is 0. The Morgan fingerprint density at radius 3 is 2.27 bits per heavy atom. The van der Waals surface area contributed by atoms with E-state index in [1.807, 2.05) is 18.7 Å². The highest BCUT2D eigenvalue weighted by Gasteiger charge is 2.20. The number of ether oxygens (including phenoxy) is 2. The van der Waals surface area contributed by atoms with E-state index >= 15 is 0 Å². The van der Waals surface area contributed by atoms with Crippen molar-refractivity contribution < 1.29 is 14.3 Å². The number of rotatable bonds is 10. The van der Waals surface area contributed by atoms with Crippen LogP contribution in [0, 0.1) is 5.92 Å². The monoisotopic (exact) mass is 314 g/mol. The van der Waals surface area contributed by atoms with Crippen molar-refractivity contribution in [2.24, 2.45) is 5.92 Å². The van der Waals surface area contributed by atoms with Gasteiger partial charge >= 0.3 is 0 Å². The van der Waals surface area contributed by atoms with Crippen molar-refractivity contribution in [1.82, 2.24) is 9.80 Å². The normalized spacial score (nSPS) is 16.7. The van der Waals surface area contributed by atoms with Gasteiger partial charge in [0.1, 0.15) is 0 Å². The van der Waals surface area contributed by atoms with E-state index in [1.54, 1.807) is 0 Å². The lowest BCUT2D eigenvalue weighted by Gasteiger charge is -2.34. The maximum absolute atomic E-state index is 12.1. The zero-order chi connectivity index (χ0) is 16.4. The lowest BCUT2D eigenvalue weighted by molar-refractivity contribution is -0.133. The van der Waals surface area contributed by atoms with Crippen LogP contribution in [-0.4, -0.2) is 74.4 Å². The first-order valence-corrected chi connectivity index (χ1v) is 8.68. The van der Waals surface area contributed by atoms with Crippen molar-refractivity contribution >= 4 is 5.91 Å². The van der Waals surface area contributed by atoms with Gasteiger partial charge in [-0.15, -0.1) is 0 Å². The van der Waals surface area contributed by atoms with Gasteiger partial charge in [0.05, 0.1) is 25.9 Å². The van der Waals surface area contributed by atoms with Crippen molar-refractivity contribution in [2.45, 2.75) is 46.6 Å². The molecule has 5 nitrogen and oxygen atoms in total. The average Bonchev–Trinajstić information content (AvgIpc) is 2.48. The third-order valence-corrected chi connectivity index (χ3v) is 3.89. The molecule has 0 atom stereocenters. The molecule has 22 heavy (non-hydrogen) atoms. The average molecular weight is 314 g/mol. The van der Waals surface area contributed by atoms with Crippen LogP contribution in [0.2, 0.25) is 0 Å². The van der Waals surface area contributed by atoms with Crippen molar-refractivity contribution in [2.75, 3.05) is 52.5 Å². The summed E-state index contributed by atoms with van der Waals surface area (Å²) in [6.45, 7) is 15.0. The first kappa shape index (κ1) is 19.4. The summed E-state index contributed by atoms with van der Waals surface area (Å²) in [7, 11) is 0. The van der Waals surface area contributed by atoms with Crippen LogP contribution >= 0.6 is 0 Å². The van der Waals surface area contributed by atoms with Gasteiger partial charge in [-0.05, 0) is 26.2 Å². The Balaban J connectivity index is 2.04. The van der Waals surface area contributed by atoms with Crippen molar-refractivity contribution in [3.63, 3.8) is 0 Å². The molecule has 0 unspecified atom stereocenters. The summed E-state index contributed by atoms with van der Waals surface area (Å²) in [5, 5.41) is 0. The van der Waals surface area contributed by atoms with Crippen molar-refractivity contribution in [3.05, 3.63) is 0 Å². The number of amides is 1. The predicted octanol–water partition coefficient (Wildman–Crippen LogP) is 2.01. The standard InChI is InChI=1S/C17H34N2O3/c1-15(2)5-6-17(20)19-9-7-18(8-10-19)11-12-21-13-14-22-16(3)4/h15-16H,5-14H2,1-4H3. The fraction of sp³-hybridized carbons (Fsp3) is 0.941. The third kappa shape index (κ3) is 8.71. The summed E-state index contributed by atoms with van der Waals surface area (Å²) in [4.78, 5) is 16.4. The molecule has 0 saturated carbocycles. The highest BCUT2D eigenvalue weighted by molar-refractivity contribution is 5.76. The van der Waals surface area contributed by atoms with E-state index in [-0.39, 0.29) is 6.10 Å². The van der Waals surface area contributed by atoms with Gasteiger partial charge in [0.2, 0.25) is 5.91 Å². The van der Waals surface area contributed by atoms with E-state index < -0.39 is 0 Å². The molecule has 130 valence electrons. The van der Waals surface area contributed by atoms with E-state index in [1.165, 1.54) is 0 Å². The van der Waals surface area contributed by atoms with Crippen molar-refractivity contribution in [3.8, 4) is 0 Å². The van der Waals surface area contributed by atoms with E-state index in [4.69, 9.17) is 9.47 Å². The molecule has 0 bridgehead atoms. The molecule has 1 saturated heterocycles. The van der Waals surface area contributed by atoms with Crippen LogP contribution in [0.1, 0.15) is 40.5 Å². The van der Waals surface area contributed by atoms with Gasteiger partial charge in [-0.1, -0.05) is 13.8 Å². The van der Waals surface area contributed by atoms with Gasteiger partial charge in [0.25, 0.3) is 0 Å². The SMILES string of the molecule is CC(C)CCC(=O)N1CCN(CCOCCOC(C)C)CC1. The Morgan fingerprint density at radius 1 is 1.00 bits per heavy atom. The third-order valence-electron chi connectivity index (χ3n) is 3.89. The molecule has 1 rings (SSSR count). The molecule has 5 heteroatoms. The van der Waals surface area contributed by atoms with Crippen LogP contribution in [0.25, 0.3) is 0 Å². The van der Waals surface area contributed by atoms with E-state index in [0.29, 0.717) is 31.5 Å². The summed E-state index contributed by atoms with van der Waals surface area (Å²) in [5.41, 5.74) is 0. The number of hydrogen-bond donors (Lipinski definition) is 0. The van der Waals surface area contributed by atoms with E-state index in [9.17, 15) is 4.79 Å². The molecule has 0 aromatic heterocycles. The smallest absolute Gasteiger partial charge is 0.222 e. The molecule has 0 aromatic rings. The topological polar surface area (TPSA) is 42.0 Å². The molecule has 0 aliphatic carbocycles. The van der Waals surface area contributed by atoms with Crippen LogP contribution in [0.5, 0.6) is 0 Å². The van der Waals surface area contributed by atoms with Gasteiger partial charge < -0.3 is 14.4 Å². The second-order valence-electron chi connectivity index (χ2n) is 6.69. The van der Waals surface area contributed by atoms with E-state index in [0.717, 1.165) is 45.8 Å². The number of carbonyl (C=O) groups excluding carboxylic acids is 1. The quantitative estimate of drug-likeness (QED) is 0.579. The summed E-state index contributed by atoms with van der Waals surface area (Å²) in [6.07, 6.45) is 1.95. The molecule has 0 N–H and O–H groups in total. The molecule has 0 spiro atoms. The Morgan fingerprint density at radius 2 is 1.68 bits per heavy atom. The second kappa shape index (κ2) is 11.0. The summed E-state index contributed by atoms with van der Waals surface area (Å²) < 4.78 is 11.0. The predicted molar refractivity (Wildman–Crippen MR) is 89.0 cm³/mol. The minimum atomic E-state index is 0.268. The van der Waals surface area contributed by atoms with Gasteiger partial charge in [-0.3, -0.25) is 9.69 Å². The Labute approximate surface area is 135 Å². The van der Waals surface area contributed by atoms with Crippen LogP contribution in [0.3, 0.4) is 0 Å². The first-order chi connectivity index (χ1) is 10.5. The number of piperazine rings is 1. The van der Waals surface area contributed by atoms with Gasteiger partial charge in [-0.2, -0.15) is 0 Å². The molecule has 1 aliphatic rings.